The van der Waals surface area contributed by atoms with Gasteiger partial charge in [0.1, 0.15) is 0 Å². The molecule has 0 aromatic heterocycles. The lowest BCUT2D eigenvalue weighted by atomic mass is 9.92. The summed E-state index contributed by atoms with van der Waals surface area (Å²) in [5, 5.41) is 0.702. The van der Waals surface area contributed by atoms with Crippen LogP contribution in [0.5, 0.6) is 0 Å². The Morgan fingerprint density at radius 3 is 2.26 bits per heavy atom. The molecule has 0 bridgehead atoms. The van der Waals surface area contributed by atoms with Crippen LogP contribution in [-0.4, -0.2) is 0 Å². The Labute approximate surface area is 127 Å². The van der Waals surface area contributed by atoms with Gasteiger partial charge in [-0.2, -0.15) is 0 Å². The van der Waals surface area contributed by atoms with Crippen molar-refractivity contribution in [3.8, 4) is 0 Å². The average molecular weight is 339 g/mol. The summed E-state index contributed by atoms with van der Waals surface area (Å²) in [5.41, 5.74) is 12.2. The van der Waals surface area contributed by atoms with Crippen LogP contribution < -0.4 is 5.73 Å². The normalized spacial score (nSPS) is 12.5. The van der Waals surface area contributed by atoms with Crippen molar-refractivity contribution in [1.29, 1.82) is 0 Å². The highest BCUT2D eigenvalue weighted by molar-refractivity contribution is 9.10. The minimum absolute atomic E-state index is 0.204. The van der Waals surface area contributed by atoms with Gasteiger partial charge in [-0.15, -0.1) is 0 Å². The van der Waals surface area contributed by atoms with E-state index in [4.69, 9.17) is 17.3 Å². The first-order valence-electron chi connectivity index (χ1n) is 6.18. The van der Waals surface area contributed by atoms with Gasteiger partial charge in [-0.1, -0.05) is 39.7 Å². The van der Waals surface area contributed by atoms with E-state index in [1.165, 1.54) is 16.7 Å². The Kier molecular flexibility index (Phi) is 4.34. The first-order chi connectivity index (χ1) is 8.90. The van der Waals surface area contributed by atoms with Gasteiger partial charge in [-0.3, -0.25) is 0 Å². The molecule has 0 heterocycles. The minimum Gasteiger partial charge on any atom is -0.320 e. The molecule has 0 spiro atoms. The molecule has 2 aromatic rings. The number of nitrogens with two attached hydrogens (primary N) is 1. The fraction of sp³-hybridized carbons (Fsp3) is 0.250. The van der Waals surface area contributed by atoms with Crippen molar-refractivity contribution in [1.82, 2.24) is 0 Å². The smallest absolute Gasteiger partial charge is 0.0569 e. The van der Waals surface area contributed by atoms with Crippen molar-refractivity contribution < 1.29 is 0 Å². The second-order valence-electron chi connectivity index (χ2n) is 4.94. The predicted molar refractivity (Wildman–Crippen MR) is 85.8 cm³/mol. The molecule has 19 heavy (non-hydrogen) atoms. The number of rotatable bonds is 2. The van der Waals surface area contributed by atoms with Gasteiger partial charge in [0, 0.05) is 9.50 Å². The predicted octanol–water partition coefficient (Wildman–Crippen LogP) is 5.08. The maximum Gasteiger partial charge on any atom is 0.0569 e. The summed E-state index contributed by atoms with van der Waals surface area (Å²) in [6, 6.07) is 9.91. The third kappa shape index (κ3) is 3.02. The summed E-state index contributed by atoms with van der Waals surface area (Å²) in [7, 11) is 0. The third-order valence-electron chi connectivity index (χ3n) is 3.51. The highest BCUT2D eigenvalue weighted by Crippen LogP contribution is 2.31. The van der Waals surface area contributed by atoms with Gasteiger partial charge >= 0.3 is 0 Å². The summed E-state index contributed by atoms with van der Waals surface area (Å²) < 4.78 is 0.990. The number of halogens is 2. The summed E-state index contributed by atoms with van der Waals surface area (Å²) >= 11 is 9.73. The van der Waals surface area contributed by atoms with Crippen molar-refractivity contribution in [2.75, 3.05) is 0 Å². The summed E-state index contributed by atoms with van der Waals surface area (Å²) in [5.74, 6) is 0. The first kappa shape index (κ1) is 14.6. The topological polar surface area (TPSA) is 26.0 Å². The molecular formula is C16H17BrClN. The Bertz CT molecular complexity index is 622. The Hall–Kier alpha value is -0.830. The van der Waals surface area contributed by atoms with Crippen LogP contribution in [0.25, 0.3) is 0 Å². The molecule has 0 saturated heterocycles. The SMILES string of the molecule is Cc1cc(C)c(C(N)c2cc(Br)ccc2Cl)cc1C. The zero-order valence-corrected chi connectivity index (χ0v) is 13.6. The number of hydrogen-bond donors (Lipinski definition) is 1. The van der Waals surface area contributed by atoms with Crippen molar-refractivity contribution in [3.63, 3.8) is 0 Å². The lowest BCUT2D eigenvalue weighted by molar-refractivity contribution is 0.858. The molecule has 2 N–H and O–H groups in total. The molecule has 1 unspecified atom stereocenters. The number of hydrogen-bond acceptors (Lipinski definition) is 1. The fourth-order valence-corrected chi connectivity index (χ4v) is 2.85. The van der Waals surface area contributed by atoms with Crippen molar-refractivity contribution in [2.45, 2.75) is 26.8 Å². The van der Waals surface area contributed by atoms with E-state index in [1.54, 1.807) is 0 Å². The highest BCUT2D eigenvalue weighted by atomic mass is 79.9. The van der Waals surface area contributed by atoms with Gasteiger partial charge in [0.25, 0.3) is 0 Å². The molecule has 1 atom stereocenters. The van der Waals surface area contributed by atoms with E-state index in [-0.39, 0.29) is 6.04 Å². The quantitative estimate of drug-likeness (QED) is 0.812. The first-order valence-corrected chi connectivity index (χ1v) is 7.35. The van der Waals surface area contributed by atoms with Gasteiger partial charge in [-0.05, 0) is 66.8 Å². The second kappa shape index (κ2) is 5.66. The van der Waals surface area contributed by atoms with E-state index in [0.29, 0.717) is 5.02 Å². The molecule has 100 valence electrons. The van der Waals surface area contributed by atoms with Crippen LogP contribution in [0.4, 0.5) is 0 Å². The monoisotopic (exact) mass is 337 g/mol. The van der Waals surface area contributed by atoms with Gasteiger partial charge in [0.15, 0.2) is 0 Å². The molecule has 0 aliphatic rings. The fourth-order valence-electron chi connectivity index (χ4n) is 2.24. The summed E-state index contributed by atoms with van der Waals surface area (Å²) in [6.45, 7) is 6.31. The van der Waals surface area contributed by atoms with Crippen molar-refractivity contribution in [2.24, 2.45) is 5.73 Å². The average Bonchev–Trinajstić information content (AvgIpc) is 2.36. The van der Waals surface area contributed by atoms with Crippen LogP contribution in [0.15, 0.2) is 34.8 Å². The lowest BCUT2D eigenvalue weighted by Crippen LogP contribution is -2.14. The van der Waals surface area contributed by atoms with E-state index < -0.39 is 0 Å². The van der Waals surface area contributed by atoms with Crippen molar-refractivity contribution in [3.05, 3.63) is 67.6 Å². The number of aryl methyl sites for hydroxylation is 3. The molecule has 3 heteroatoms. The van der Waals surface area contributed by atoms with Crippen LogP contribution in [0.2, 0.25) is 5.02 Å². The minimum atomic E-state index is -0.204. The van der Waals surface area contributed by atoms with Gasteiger partial charge < -0.3 is 5.73 Å². The lowest BCUT2D eigenvalue weighted by Gasteiger charge is -2.18. The van der Waals surface area contributed by atoms with E-state index in [9.17, 15) is 0 Å². The largest absolute Gasteiger partial charge is 0.320 e. The standard InChI is InChI=1S/C16H17BrClN/c1-9-6-11(3)13(7-10(9)2)16(19)14-8-12(17)4-5-15(14)18/h4-8,16H,19H2,1-3H3. The van der Waals surface area contributed by atoms with E-state index >= 15 is 0 Å². The Morgan fingerprint density at radius 1 is 0.947 bits per heavy atom. The van der Waals surface area contributed by atoms with Gasteiger partial charge in [0.2, 0.25) is 0 Å². The van der Waals surface area contributed by atoms with Crippen LogP contribution >= 0.6 is 27.5 Å². The maximum atomic E-state index is 6.40. The molecule has 0 saturated carbocycles. The molecule has 0 radical (unpaired) electrons. The Balaban J connectivity index is 2.52. The Morgan fingerprint density at radius 2 is 1.58 bits per heavy atom. The van der Waals surface area contributed by atoms with E-state index in [0.717, 1.165) is 15.6 Å². The second-order valence-corrected chi connectivity index (χ2v) is 6.26. The molecular weight excluding hydrogens is 322 g/mol. The molecule has 0 amide bonds. The molecule has 2 rings (SSSR count). The molecule has 2 aromatic carbocycles. The molecule has 1 nitrogen and oxygen atoms in total. The molecule has 0 aliphatic heterocycles. The van der Waals surface area contributed by atoms with Crippen LogP contribution in [0.1, 0.15) is 33.9 Å². The molecule has 0 fully saturated rings. The van der Waals surface area contributed by atoms with Gasteiger partial charge in [-0.25, -0.2) is 0 Å². The summed E-state index contributed by atoms with van der Waals surface area (Å²) in [6.07, 6.45) is 0. The molecule has 0 aliphatic carbocycles. The van der Waals surface area contributed by atoms with Gasteiger partial charge in [0.05, 0.1) is 6.04 Å². The number of benzene rings is 2. The van der Waals surface area contributed by atoms with E-state index in [1.807, 2.05) is 18.2 Å². The van der Waals surface area contributed by atoms with Crippen molar-refractivity contribution >= 4 is 27.5 Å². The maximum absolute atomic E-state index is 6.40. The zero-order valence-electron chi connectivity index (χ0n) is 11.3. The van der Waals surface area contributed by atoms with Crippen LogP contribution in [-0.2, 0) is 0 Å². The highest BCUT2D eigenvalue weighted by Gasteiger charge is 2.15. The summed E-state index contributed by atoms with van der Waals surface area (Å²) in [4.78, 5) is 0. The third-order valence-corrected chi connectivity index (χ3v) is 4.35. The van der Waals surface area contributed by atoms with Crippen LogP contribution in [0, 0.1) is 20.8 Å². The van der Waals surface area contributed by atoms with Crippen LogP contribution in [0.3, 0.4) is 0 Å². The zero-order chi connectivity index (χ0) is 14.2. The van der Waals surface area contributed by atoms with E-state index in [2.05, 4.69) is 48.8 Å².